The van der Waals surface area contributed by atoms with Gasteiger partial charge < -0.3 is 15.2 Å². The molecule has 1 rings (SSSR count). The van der Waals surface area contributed by atoms with Gasteiger partial charge in [-0.25, -0.2) is 0 Å². The summed E-state index contributed by atoms with van der Waals surface area (Å²) < 4.78 is 5.79. The van der Waals surface area contributed by atoms with Crippen molar-refractivity contribution in [3.63, 3.8) is 0 Å². The molecule has 0 aromatic heterocycles. The highest BCUT2D eigenvalue weighted by Gasteiger charge is 2.32. The summed E-state index contributed by atoms with van der Waals surface area (Å²) in [5.41, 5.74) is 0.0314. The zero-order valence-corrected chi connectivity index (χ0v) is 10.3. The van der Waals surface area contributed by atoms with Crippen molar-refractivity contribution < 1.29 is 9.84 Å². The van der Waals surface area contributed by atoms with Crippen LogP contribution in [0.4, 0.5) is 0 Å². The minimum absolute atomic E-state index is 0.0314. The van der Waals surface area contributed by atoms with E-state index >= 15 is 0 Å². The van der Waals surface area contributed by atoms with Gasteiger partial charge in [-0.1, -0.05) is 13.8 Å². The zero-order chi connectivity index (χ0) is 11.3. The van der Waals surface area contributed by atoms with E-state index in [1.54, 1.807) is 0 Å². The standard InChI is InChI=1S/C12H25NO2/c1-4-10(9-14)13-11-6-7-15-12(3,5-2)8-11/h10-11,13-14H,4-9H2,1-3H3/t10-,11?,12?/m0/s1. The maximum absolute atomic E-state index is 9.15. The van der Waals surface area contributed by atoms with Gasteiger partial charge in [0.1, 0.15) is 0 Å². The van der Waals surface area contributed by atoms with Crippen LogP contribution in [-0.4, -0.2) is 36.0 Å². The first-order valence-corrected chi connectivity index (χ1v) is 6.14. The van der Waals surface area contributed by atoms with E-state index in [9.17, 15) is 0 Å². The van der Waals surface area contributed by atoms with E-state index in [-0.39, 0.29) is 18.2 Å². The third-order valence-electron chi connectivity index (χ3n) is 3.53. The molecule has 15 heavy (non-hydrogen) atoms. The summed E-state index contributed by atoms with van der Waals surface area (Å²) in [6, 6.07) is 0.745. The average molecular weight is 215 g/mol. The van der Waals surface area contributed by atoms with Gasteiger partial charge in [-0.3, -0.25) is 0 Å². The van der Waals surface area contributed by atoms with Crippen molar-refractivity contribution in [1.82, 2.24) is 5.32 Å². The van der Waals surface area contributed by atoms with E-state index in [0.29, 0.717) is 6.04 Å². The van der Waals surface area contributed by atoms with E-state index in [2.05, 4.69) is 26.1 Å². The summed E-state index contributed by atoms with van der Waals surface area (Å²) in [5.74, 6) is 0. The SMILES string of the molecule is CC[C@@H](CO)NC1CCOC(C)(CC)C1. The molecule has 3 atom stereocenters. The van der Waals surface area contributed by atoms with Gasteiger partial charge in [0.2, 0.25) is 0 Å². The minimum Gasteiger partial charge on any atom is -0.395 e. The summed E-state index contributed by atoms with van der Waals surface area (Å²) in [6.45, 7) is 7.53. The van der Waals surface area contributed by atoms with Crippen LogP contribution in [0.3, 0.4) is 0 Å². The second kappa shape index (κ2) is 5.83. The second-order valence-corrected chi connectivity index (χ2v) is 4.80. The van der Waals surface area contributed by atoms with Crippen molar-refractivity contribution in [2.24, 2.45) is 0 Å². The van der Waals surface area contributed by atoms with E-state index in [4.69, 9.17) is 9.84 Å². The Balaban J connectivity index is 2.42. The highest BCUT2D eigenvalue weighted by molar-refractivity contribution is 4.86. The van der Waals surface area contributed by atoms with Crippen LogP contribution < -0.4 is 5.32 Å². The average Bonchev–Trinajstić information content (AvgIpc) is 2.26. The molecule has 1 fully saturated rings. The van der Waals surface area contributed by atoms with Crippen LogP contribution in [0.5, 0.6) is 0 Å². The van der Waals surface area contributed by atoms with Crippen molar-refractivity contribution in [3.05, 3.63) is 0 Å². The topological polar surface area (TPSA) is 41.5 Å². The summed E-state index contributed by atoms with van der Waals surface area (Å²) in [4.78, 5) is 0. The molecular weight excluding hydrogens is 190 g/mol. The third kappa shape index (κ3) is 3.74. The number of hydrogen-bond acceptors (Lipinski definition) is 3. The van der Waals surface area contributed by atoms with Gasteiger partial charge in [0.05, 0.1) is 12.2 Å². The lowest BCUT2D eigenvalue weighted by molar-refractivity contribution is -0.0797. The lowest BCUT2D eigenvalue weighted by atomic mass is 9.89. The molecule has 3 heteroatoms. The van der Waals surface area contributed by atoms with Gasteiger partial charge in [0.25, 0.3) is 0 Å². The lowest BCUT2D eigenvalue weighted by Crippen LogP contribution is -2.49. The molecule has 0 radical (unpaired) electrons. The predicted octanol–water partition coefficient (Wildman–Crippen LogP) is 1.69. The zero-order valence-electron chi connectivity index (χ0n) is 10.3. The molecule has 90 valence electrons. The Labute approximate surface area is 93.2 Å². The molecule has 1 aliphatic heterocycles. The Bertz CT molecular complexity index is 182. The Morgan fingerprint density at radius 3 is 2.80 bits per heavy atom. The van der Waals surface area contributed by atoms with Gasteiger partial charge in [-0.2, -0.15) is 0 Å². The first-order chi connectivity index (χ1) is 7.13. The molecular formula is C12H25NO2. The van der Waals surface area contributed by atoms with Crippen LogP contribution in [0, 0.1) is 0 Å². The molecule has 0 amide bonds. The van der Waals surface area contributed by atoms with E-state index in [1.165, 1.54) is 0 Å². The maximum Gasteiger partial charge on any atom is 0.0666 e. The largest absolute Gasteiger partial charge is 0.395 e. The molecule has 0 spiro atoms. The van der Waals surface area contributed by atoms with Gasteiger partial charge in [0, 0.05) is 18.7 Å². The number of hydrogen-bond donors (Lipinski definition) is 2. The number of aliphatic hydroxyl groups is 1. The number of rotatable bonds is 5. The molecule has 0 aromatic carbocycles. The molecule has 0 bridgehead atoms. The molecule has 0 aliphatic carbocycles. The fraction of sp³-hybridized carbons (Fsp3) is 1.00. The highest BCUT2D eigenvalue weighted by atomic mass is 16.5. The predicted molar refractivity (Wildman–Crippen MR) is 62.0 cm³/mol. The normalized spacial score (nSPS) is 34.0. The molecule has 2 N–H and O–H groups in total. The van der Waals surface area contributed by atoms with Crippen molar-refractivity contribution in [3.8, 4) is 0 Å². The maximum atomic E-state index is 9.15. The van der Waals surface area contributed by atoms with E-state index in [1.807, 2.05) is 0 Å². The van der Waals surface area contributed by atoms with Crippen LogP contribution in [0.15, 0.2) is 0 Å². The summed E-state index contributed by atoms with van der Waals surface area (Å²) >= 11 is 0. The van der Waals surface area contributed by atoms with Crippen LogP contribution in [-0.2, 0) is 4.74 Å². The van der Waals surface area contributed by atoms with Crippen LogP contribution in [0.1, 0.15) is 46.5 Å². The van der Waals surface area contributed by atoms with Crippen molar-refractivity contribution in [2.75, 3.05) is 13.2 Å². The van der Waals surface area contributed by atoms with E-state index < -0.39 is 0 Å². The van der Waals surface area contributed by atoms with Gasteiger partial charge in [-0.05, 0) is 32.6 Å². The lowest BCUT2D eigenvalue weighted by Gasteiger charge is -2.39. The molecule has 3 nitrogen and oxygen atoms in total. The Hall–Kier alpha value is -0.120. The monoisotopic (exact) mass is 215 g/mol. The van der Waals surface area contributed by atoms with E-state index in [0.717, 1.165) is 32.3 Å². The summed E-state index contributed by atoms with van der Waals surface area (Å²) in [5, 5.41) is 12.7. The molecule has 0 aromatic rings. The molecule has 1 heterocycles. The number of nitrogens with one attached hydrogen (secondary N) is 1. The molecule has 0 saturated carbocycles. The quantitative estimate of drug-likeness (QED) is 0.733. The van der Waals surface area contributed by atoms with Crippen molar-refractivity contribution >= 4 is 0 Å². The summed E-state index contributed by atoms with van der Waals surface area (Å²) in [7, 11) is 0. The van der Waals surface area contributed by atoms with Crippen LogP contribution in [0.2, 0.25) is 0 Å². The Morgan fingerprint density at radius 2 is 2.27 bits per heavy atom. The van der Waals surface area contributed by atoms with Crippen molar-refractivity contribution in [1.29, 1.82) is 0 Å². The van der Waals surface area contributed by atoms with Crippen LogP contribution >= 0.6 is 0 Å². The van der Waals surface area contributed by atoms with Crippen LogP contribution in [0.25, 0.3) is 0 Å². The fourth-order valence-corrected chi connectivity index (χ4v) is 2.15. The molecule has 1 saturated heterocycles. The number of ether oxygens (including phenoxy) is 1. The fourth-order valence-electron chi connectivity index (χ4n) is 2.15. The second-order valence-electron chi connectivity index (χ2n) is 4.80. The molecule has 2 unspecified atom stereocenters. The summed E-state index contributed by atoms with van der Waals surface area (Å²) in [6.07, 6.45) is 4.16. The smallest absolute Gasteiger partial charge is 0.0666 e. The van der Waals surface area contributed by atoms with Gasteiger partial charge >= 0.3 is 0 Å². The highest BCUT2D eigenvalue weighted by Crippen LogP contribution is 2.27. The Morgan fingerprint density at radius 1 is 1.53 bits per heavy atom. The van der Waals surface area contributed by atoms with Gasteiger partial charge in [-0.15, -0.1) is 0 Å². The minimum atomic E-state index is 0.0314. The van der Waals surface area contributed by atoms with Crippen molar-refractivity contribution in [2.45, 2.75) is 64.1 Å². The first kappa shape index (κ1) is 12.9. The van der Waals surface area contributed by atoms with Gasteiger partial charge in [0.15, 0.2) is 0 Å². The Kier molecular flexibility index (Phi) is 5.03. The molecule has 1 aliphatic rings. The third-order valence-corrected chi connectivity index (χ3v) is 3.53. The number of aliphatic hydroxyl groups excluding tert-OH is 1. The first-order valence-electron chi connectivity index (χ1n) is 6.14.